The van der Waals surface area contributed by atoms with Crippen molar-refractivity contribution in [3.05, 3.63) is 64.0 Å². The van der Waals surface area contributed by atoms with Crippen LogP contribution in [0.1, 0.15) is 5.56 Å². The predicted octanol–water partition coefficient (Wildman–Crippen LogP) is 3.71. The zero-order chi connectivity index (χ0) is 20.4. The monoisotopic (exact) mass is 422 g/mol. The van der Waals surface area contributed by atoms with Gasteiger partial charge in [0.1, 0.15) is 28.1 Å². The number of ether oxygens (including phenoxy) is 1. The van der Waals surface area contributed by atoms with Crippen LogP contribution in [-0.4, -0.2) is 22.6 Å². The van der Waals surface area contributed by atoms with E-state index in [4.69, 9.17) is 10.00 Å². The number of nitrogens with one attached hydrogen (secondary N) is 1. The van der Waals surface area contributed by atoms with Crippen molar-refractivity contribution in [2.75, 3.05) is 12.4 Å². The number of nitriles is 1. The lowest BCUT2D eigenvalue weighted by Crippen LogP contribution is -2.27. The maximum atomic E-state index is 12.8. The second-order valence-electron chi connectivity index (χ2n) is 6.05. The van der Waals surface area contributed by atoms with E-state index in [1.54, 1.807) is 18.6 Å². The third-order valence-corrected chi connectivity index (χ3v) is 6.22. The molecule has 0 unspecified atom stereocenters. The first kappa shape index (κ1) is 18.9. The predicted molar refractivity (Wildman–Crippen MR) is 114 cm³/mol. The molecular weight excluding hydrogens is 408 g/mol. The summed E-state index contributed by atoms with van der Waals surface area (Å²) in [6.45, 7) is -0.180. The van der Waals surface area contributed by atoms with Crippen LogP contribution < -0.4 is 15.6 Å². The fraction of sp³-hybridized carbons (Fsp3) is 0.100. The van der Waals surface area contributed by atoms with Crippen molar-refractivity contribution >= 4 is 43.8 Å². The van der Waals surface area contributed by atoms with E-state index in [9.17, 15) is 9.59 Å². The third-order valence-electron chi connectivity index (χ3n) is 4.23. The molecule has 0 aliphatic heterocycles. The largest absolute Gasteiger partial charge is 0.497 e. The average molecular weight is 422 g/mol. The van der Waals surface area contributed by atoms with Crippen LogP contribution in [0, 0.1) is 11.3 Å². The van der Waals surface area contributed by atoms with Gasteiger partial charge < -0.3 is 10.1 Å². The summed E-state index contributed by atoms with van der Waals surface area (Å²) in [5.41, 5.74) is 1.67. The Morgan fingerprint density at radius 1 is 1.31 bits per heavy atom. The molecule has 0 saturated carbocycles. The molecule has 0 aliphatic carbocycles. The van der Waals surface area contributed by atoms with Crippen molar-refractivity contribution in [1.82, 2.24) is 9.55 Å². The van der Waals surface area contributed by atoms with Gasteiger partial charge in [-0.2, -0.15) is 5.26 Å². The van der Waals surface area contributed by atoms with Crippen molar-refractivity contribution in [2.24, 2.45) is 0 Å². The van der Waals surface area contributed by atoms with Crippen molar-refractivity contribution in [1.29, 1.82) is 5.26 Å². The molecule has 3 aromatic heterocycles. The average Bonchev–Trinajstić information content (AvgIpc) is 3.37. The lowest BCUT2D eigenvalue weighted by Gasteiger charge is -2.05. The summed E-state index contributed by atoms with van der Waals surface area (Å²) in [5, 5.41) is 13.9. The molecule has 0 radical (unpaired) electrons. The number of nitrogens with zero attached hydrogens (tertiary/aromatic N) is 3. The van der Waals surface area contributed by atoms with Gasteiger partial charge >= 0.3 is 0 Å². The first-order valence-electron chi connectivity index (χ1n) is 8.50. The van der Waals surface area contributed by atoms with Gasteiger partial charge in [-0.1, -0.05) is 0 Å². The number of rotatable bonds is 5. The Hall–Kier alpha value is -3.48. The number of amides is 1. The minimum absolute atomic E-state index is 0.180. The Bertz CT molecular complexity index is 1300. The number of methoxy groups -OCH3 is 1. The molecule has 144 valence electrons. The van der Waals surface area contributed by atoms with E-state index in [0.717, 1.165) is 16.2 Å². The van der Waals surface area contributed by atoms with Crippen LogP contribution in [0.4, 0.5) is 5.00 Å². The summed E-state index contributed by atoms with van der Waals surface area (Å²) in [6, 6.07) is 13.1. The van der Waals surface area contributed by atoms with Crippen LogP contribution in [0.15, 0.2) is 52.9 Å². The number of fused-ring (bicyclic) bond motifs is 1. The molecule has 0 fully saturated rings. The number of hydrogen-bond donors (Lipinski definition) is 1. The van der Waals surface area contributed by atoms with Crippen LogP contribution in [0.5, 0.6) is 5.75 Å². The Morgan fingerprint density at radius 2 is 2.10 bits per heavy atom. The third kappa shape index (κ3) is 3.76. The highest BCUT2D eigenvalue weighted by Crippen LogP contribution is 2.31. The standard InChI is InChI=1S/C20H14N4O3S2/c1-27-14-4-2-12(3-5-14)16-8-15-18(29-16)20(26)24(11-22-15)10-17(25)23-19-13(9-21)6-7-28-19/h2-8,11H,10H2,1H3,(H,23,25). The molecule has 0 saturated heterocycles. The SMILES string of the molecule is COc1ccc(-c2cc3ncn(CC(=O)Nc4sccc4C#N)c(=O)c3s2)cc1. The van der Waals surface area contributed by atoms with Crippen LogP contribution in [0.3, 0.4) is 0 Å². The quantitative estimate of drug-likeness (QED) is 0.529. The number of aromatic nitrogens is 2. The van der Waals surface area contributed by atoms with Crippen LogP contribution in [0.25, 0.3) is 20.7 Å². The molecule has 0 spiro atoms. The highest BCUT2D eigenvalue weighted by molar-refractivity contribution is 7.22. The smallest absolute Gasteiger partial charge is 0.271 e. The molecule has 1 aromatic carbocycles. The number of thiophene rings is 2. The van der Waals surface area contributed by atoms with Crippen molar-refractivity contribution < 1.29 is 9.53 Å². The van der Waals surface area contributed by atoms with E-state index in [1.165, 1.54) is 33.6 Å². The maximum Gasteiger partial charge on any atom is 0.271 e. The van der Waals surface area contributed by atoms with Gasteiger partial charge in [-0.3, -0.25) is 14.2 Å². The summed E-state index contributed by atoms with van der Waals surface area (Å²) in [6.07, 6.45) is 1.37. The summed E-state index contributed by atoms with van der Waals surface area (Å²) in [5.74, 6) is 0.366. The molecule has 4 rings (SSSR count). The first-order chi connectivity index (χ1) is 14.1. The van der Waals surface area contributed by atoms with Gasteiger partial charge in [0.2, 0.25) is 5.91 Å². The number of carbonyl (C=O) groups is 1. The molecule has 9 heteroatoms. The van der Waals surface area contributed by atoms with Crippen LogP contribution in [0.2, 0.25) is 0 Å². The number of anilines is 1. The molecule has 29 heavy (non-hydrogen) atoms. The molecule has 1 N–H and O–H groups in total. The van der Waals surface area contributed by atoms with Gasteiger partial charge in [0.05, 0.1) is 24.5 Å². The van der Waals surface area contributed by atoms with Gasteiger partial charge in [-0.25, -0.2) is 4.98 Å². The van der Waals surface area contributed by atoms with Gasteiger partial charge in [-0.05, 0) is 47.3 Å². The molecule has 4 aromatic rings. The topological polar surface area (TPSA) is 97.0 Å². The molecule has 0 bridgehead atoms. The van der Waals surface area contributed by atoms with E-state index >= 15 is 0 Å². The fourth-order valence-electron chi connectivity index (χ4n) is 2.77. The van der Waals surface area contributed by atoms with Crippen molar-refractivity contribution in [3.8, 4) is 22.3 Å². The number of benzene rings is 1. The van der Waals surface area contributed by atoms with Crippen LogP contribution >= 0.6 is 22.7 Å². The number of hydrogen-bond acceptors (Lipinski definition) is 7. The van der Waals surface area contributed by atoms with Gasteiger partial charge in [0, 0.05) is 4.88 Å². The van der Waals surface area contributed by atoms with E-state index in [1.807, 2.05) is 36.4 Å². The zero-order valence-electron chi connectivity index (χ0n) is 15.2. The summed E-state index contributed by atoms with van der Waals surface area (Å²) >= 11 is 2.59. The minimum atomic E-state index is -0.390. The Kier molecular flexibility index (Phi) is 5.12. The lowest BCUT2D eigenvalue weighted by molar-refractivity contribution is -0.116. The lowest BCUT2D eigenvalue weighted by atomic mass is 10.2. The Labute approximate surface area is 173 Å². The van der Waals surface area contributed by atoms with Gasteiger partial charge in [0.15, 0.2) is 0 Å². The van der Waals surface area contributed by atoms with Crippen molar-refractivity contribution in [2.45, 2.75) is 6.54 Å². The second kappa shape index (κ2) is 7.87. The summed E-state index contributed by atoms with van der Waals surface area (Å²) in [7, 11) is 1.61. The van der Waals surface area contributed by atoms with Crippen molar-refractivity contribution in [3.63, 3.8) is 0 Å². The summed E-state index contributed by atoms with van der Waals surface area (Å²) in [4.78, 5) is 30.4. The molecule has 7 nitrogen and oxygen atoms in total. The Balaban J connectivity index is 1.59. The number of carbonyl (C=O) groups excluding carboxylic acids is 1. The maximum absolute atomic E-state index is 12.8. The van der Waals surface area contributed by atoms with E-state index in [0.29, 0.717) is 20.8 Å². The van der Waals surface area contributed by atoms with E-state index in [-0.39, 0.29) is 18.0 Å². The molecule has 3 heterocycles. The van der Waals surface area contributed by atoms with E-state index in [2.05, 4.69) is 10.3 Å². The van der Waals surface area contributed by atoms with E-state index < -0.39 is 0 Å². The highest BCUT2D eigenvalue weighted by atomic mass is 32.1. The molecule has 0 atom stereocenters. The van der Waals surface area contributed by atoms with Gasteiger partial charge in [-0.15, -0.1) is 22.7 Å². The second-order valence-corrected chi connectivity index (χ2v) is 8.02. The normalized spacial score (nSPS) is 10.6. The van der Waals surface area contributed by atoms with Gasteiger partial charge in [0.25, 0.3) is 5.56 Å². The van der Waals surface area contributed by atoms with Crippen LogP contribution in [-0.2, 0) is 11.3 Å². The Morgan fingerprint density at radius 3 is 2.83 bits per heavy atom. The summed E-state index contributed by atoms with van der Waals surface area (Å²) < 4.78 is 6.93. The highest BCUT2D eigenvalue weighted by Gasteiger charge is 2.14. The zero-order valence-corrected chi connectivity index (χ0v) is 16.8. The first-order valence-corrected chi connectivity index (χ1v) is 10.2. The minimum Gasteiger partial charge on any atom is -0.497 e. The fourth-order valence-corrected chi connectivity index (χ4v) is 4.59. The molecule has 0 aliphatic rings. The molecule has 1 amide bonds. The molecular formula is C20H14N4O3S2.